The van der Waals surface area contributed by atoms with E-state index in [1.54, 1.807) is 12.3 Å². The first-order valence-corrected chi connectivity index (χ1v) is 6.15. The highest BCUT2D eigenvalue weighted by atomic mass is 16.5. The van der Waals surface area contributed by atoms with E-state index >= 15 is 0 Å². The Balaban J connectivity index is 2.24. The van der Waals surface area contributed by atoms with Crippen molar-refractivity contribution in [1.29, 1.82) is 0 Å². The lowest BCUT2D eigenvalue weighted by Crippen LogP contribution is -2.13. The van der Waals surface area contributed by atoms with E-state index in [9.17, 15) is 9.59 Å². The number of carbonyl (C=O) groups is 2. The summed E-state index contributed by atoms with van der Waals surface area (Å²) in [5.74, 6) is -1.23. The van der Waals surface area contributed by atoms with Gasteiger partial charge in [0.25, 0.3) is 5.91 Å². The highest BCUT2D eigenvalue weighted by Crippen LogP contribution is 2.23. The first kappa shape index (κ1) is 14.5. The number of carbonyl (C=O) groups excluding carboxylic acids is 1. The fourth-order valence-electron chi connectivity index (χ4n) is 1.83. The maximum atomic E-state index is 12.1. The summed E-state index contributed by atoms with van der Waals surface area (Å²) in [6, 6.07) is 6.06. The predicted molar refractivity (Wildman–Crippen MR) is 76.9 cm³/mol. The van der Waals surface area contributed by atoms with Crippen molar-refractivity contribution >= 4 is 17.6 Å². The Hall–Kier alpha value is -2.89. The highest BCUT2D eigenvalue weighted by molar-refractivity contribution is 6.04. The molecular weight excluding hydrogens is 272 g/mol. The Labute approximate surface area is 121 Å². The third-order valence-corrected chi connectivity index (χ3v) is 2.83. The van der Waals surface area contributed by atoms with Crippen LogP contribution in [0.15, 0.2) is 36.7 Å². The zero-order chi connectivity index (χ0) is 15.4. The molecule has 0 fully saturated rings. The molecule has 2 aromatic rings. The van der Waals surface area contributed by atoms with E-state index in [0.717, 1.165) is 5.56 Å². The molecule has 1 aromatic heterocycles. The fraction of sp³-hybridized carbons (Fsp3) is 0.133. The fourth-order valence-corrected chi connectivity index (χ4v) is 1.83. The van der Waals surface area contributed by atoms with Crippen LogP contribution in [0.1, 0.15) is 26.3 Å². The number of nitrogens with one attached hydrogen (secondary N) is 1. The number of anilines is 1. The minimum Gasteiger partial charge on any atom is -0.496 e. The van der Waals surface area contributed by atoms with Gasteiger partial charge in [0, 0.05) is 24.1 Å². The summed E-state index contributed by atoms with van der Waals surface area (Å²) in [5, 5.41) is 11.7. The van der Waals surface area contributed by atoms with E-state index in [0.29, 0.717) is 11.3 Å². The summed E-state index contributed by atoms with van der Waals surface area (Å²) in [4.78, 5) is 27.0. The van der Waals surface area contributed by atoms with Crippen LogP contribution in [-0.4, -0.2) is 29.1 Å². The molecule has 0 bridgehead atoms. The molecule has 108 valence electrons. The summed E-state index contributed by atoms with van der Waals surface area (Å²) in [6.07, 6.45) is 3.12. The third kappa shape index (κ3) is 3.36. The first-order chi connectivity index (χ1) is 10.0. The third-order valence-electron chi connectivity index (χ3n) is 2.83. The predicted octanol–water partition coefficient (Wildman–Crippen LogP) is 2.35. The van der Waals surface area contributed by atoms with Gasteiger partial charge in [-0.3, -0.25) is 9.78 Å². The smallest absolute Gasteiger partial charge is 0.339 e. The topological polar surface area (TPSA) is 88.5 Å². The minimum atomic E-state index is -1.09. The molecule has 0 aliphatic rings. The number of hydrogen-bond acceptors (Lipinski definition) is 4. The molecule has 0 radical (unpaired) electrons. The van der Waals surface area contributed by atoms with Crippen molar-refractivity contribution in [2.24, 2.45) is 0 Å². The second-order valence-corrected chi connectivity index (χ2v) is 4.43. The van der Waals surface area contributed by atoms with Gasteiger partial charge in [-0.05, 0) is 30.7 Å². The number of amides is 1. The van der Waals surface area contributed by atoms with E-state index in [2.05, 4.69) is 10.3 Å². The number of pyridine rings is 1. The second kappa shape index (κ2) is 6.04. The van der Waals surface area contributed by atoms with E-state index in [4.69, 9.17) is 9.84 Å². The lowest BCUT2D eigenvalue weighted by Gasteiger charge is -2.09. The van der Waals surface area contributed by atoms with Crippen molar-refractivity contribution in [3.05, 3.63) is 53.3 Å². The van der Waals surface area contributed by atoms with Crippen LogP contribution in [0.5, 0.6) is 5.75 Å². The molecule has 0 saturated heterocycles. The molecule has 6 nitrogen and oxygen atoms in total. The molecule has 6 heteroatoms. The molecule has 1 aromatic carbocycles. The van der Waals surface area contributed by atoms with Crippen LogP contribution in [0.25, 0.3) is 0 Å². The van der Waals surface area contributed by atoms with Crippen LogP contribution < -0.4 is 10.1 Å². The summed E-state index contributed by atoms with van der Waals surface area (Å²) < 4.78 is 5.01. The maximum Gasteiger partial charge on any atom is 0.339 e. The van der Waals surface area contributed by atoms with Crippen LogP contribution >= 0.6 is 0 Å². The summed E-state index contributed by atoms with van der Waals surface area (Å²) in [7, 11) is 1.37. The van der Waals surface area contributed by atoms with E-state index in [1.807, 2.05) is 6.92 Å². The molecule has 1 amide bonds. The summed E-state index contributed by atoms with van der Waals surface area (Å²) in [6.45, 7) is 1.84. The van der Waals surface area contributed by atoms with Gasteiger partial charge in [0.1, 0.15) is 11.3 Å². The van der Waals surface area contributed by atoms with E-state index in [1.165, 1.54) is 31.5 Å². The van der Waals surface area contributed by atoms with Gasteiger partial charge >= 0.3 is 5.97 Å². The van der Waals surface area contributed by atoms with Crippen LogP contribution in [0.3, 0.4) is 0 Å². The van der Waals surface area contributed by atoms with Crippen LogP contribution in [0.2, 0.25) is 0 Å². The monoisotopic (exact) mass is 286 g/mol. The summed E-state index contributed by atoms with van der Waals surface area (Å²) >= 11 is 0. The lowest BCUT2D eigenvalue weighted by atomic mass is 10.1. The van der Waals surface area contributed by atoms with Gasteiger partial charge in [-0.15, -0.1) is 0 Å². The number of aromatic carboxylic acids is 1. The molecule has 2 rings (SSSR count). The quantitative estimate of drug-likeness (QED) is 0.900. The Kier molecular flexibility index (Phi) is 4.18. The number of rotatable bonds is 4. The van der Waals surface area contributed by atoms with Crippen LogP contribution in [0.4, 0.5) is 5.69 Å². The van der Waals surface area contributed by atoms with E-state index < -0.39 is 5.97 Å². The van der Waals surface area contributed by atoms with Gasteiger partial charge < -0.3 is 15.2 Å². The van der Waals surface area contributed by atoms with Gasteiger partial charge in [0.05, 0.1) is 12.7 Å². The number of aromatic nitrogens is 1. The molecular formula is C15H14N2O4. The highest BCUT2D eigenvalue weighted by Gasteiger charge is 2.13. The van der Waals surface area contributed by atoms with Crippen molar-refractivity contribution in [3.8, 4) is 5.75 Å². The van der Waals surface area contributed by atoms with Crippen molar-refractivity contribution in [2.45, 2.75) is 6.92 Å². The van der Waals surface area contributed by atoms with Gasteiger partial charge in [-0.2, -0.15) is 0 Å². The zero-order valence-corrected chi connectivity index (χ0v) is 11.6. The molecule has 0 saturated carbocycles. The zero-order valence-electron chi connectivity index (χ0n) is 11.6. The molecule has 1 heterocycles. The largest absolute Gasteiger partial charge is 0.496 e. The Morgan fingerprint density at radius 3 is 2.62 bits per heavy atom. The Bertz CT molecular complexity index is 698. The Morgan fingerprint density at radius 1 is 1.24 bits per heavy atom. The van der Waals surface area contributed by atoms with Gasteiger partial charge in [-0.25, -0.2) is 4.79 Å². The van der Waals surface area contributed by atoms with Crippen molar-refractivity contribution < 1.29 is 19.4 Å². The Morgan fingerprint density at radius 2 is 2.00 bits per heavy atom. The van der Waals surface area contributed by atoms with Crippen molar-refractivity contribution in [2.75, 3.05) is 12.4 Å². The van der Waals surface area contributed by atoms with Gasteiger partial charge in [0.2, 0.25) is 0 Å². The number of ether oxygens (including phenoxy) is 1. The summed E-state index contributed by atoms with van der Waals surface area (Å²) in [5.41, 5.74) is 1.79. The molecule has 0 aliphatic heterocycles. The average Bonchev–Trinajstić information content (AvgIpc) is 2.46. The number of carboxylic acid groups (broad SMARTS) is 1. The standard InChI is InChI=1S/C15H14N2O4/c1-9-5-10(8-16-7-9)14(18)17-11-3-4-12(15(19)20)13(6-11)21-2/h3-8H,1-2H3,(H,17,18)(H,19,20). The van der Waals surface area contributed by atoms with Crippen LogP contribution in [0, 0.1) is 6.92 Å². The molecule has 0 spiro atoms. The van der Waals surface area contributed by atoms with E-state index in [-0.39, 0.29) is 17.2 Å². The molecule has 2 N–H and O–H groups in total. The average molecular weight is 286 g/mol. The number of aryl methyl sites for hydroxylation is 1. The lowest BCUT2D eigenvalue weighted by molar-refractivity contribution is 0.0693. The number of nitrogens with zero attached hydrogens (tertiary/aromatic N) is 1. The number of hydrogen-bond donors (Lipinski definition) is 2. The number of methoxy groups -OCH3 is 1. The molecule has 21 heavy (non-hydrogen) atoms. The first-order valence-electron chi connectivity index (χ1n) is 6.15. The van der Waals surface area contributed by atoms with Crippen LogP contribution in [-0.2, 0) is 0 Å². The molecule has 0 aliphatic carbocycles. The normalized spacial score (nSPS) is 10.0. The number of benzene rings is 1. The number of carboxylic acids is 1. The minimum absolute atomic E-state index is 0.0349. The van der Waals surface area contributed by atoms with Gasteiger partial charge in [-0.1, -0.05) is 0 Å². The maximum absolute atomic E-state index is 12.1. The SMILES string of the molecule is COc1cc(NC(=O)c2cncc(C)c2)ccc1C(=O)O. The van der Waals surface area contributed by atoms with Crippen molar-refractivity contribution in [1.82, 2.24) is 4.98 Å². The second-order valence-electron chi connectivity index (χ2n) is 4.43. The van der Waals surface area contributed by atoms with Crippen molar-refractivity contribution in [3.63, 3.8) is 0 Å². The van der Waals surface area contributed by atoms with Gasteiger partial charge in [0.15, 0.2) is 0 Å². The molecule has 0 atom stereocenters. The molecule has 0 unspecified atom stereocenters.